The summed E-state index contributed by atoms with van der Waals surface area (Å²) in [5, 5.41) is 11.6. The van der Waals surface area contributed by atoms with E-state index in [-0.39, 0.29) is 23.8 Å². The molecule has 0 radical (unpaired) electrons. The molecule has 1 heterocycles. The van der Waals surface area contributed by atoms with Crippen molar-refractivity contribution in [2.75, 3.05) is 6.61 Å². The molecule has 18 heavy (non-hydrogen) atoms. The Morgan fingerprint density at radius 1 is 1.61 bits per heavy atom. The molecule has 1 aliphatic carbocycles. The Balaban J connectivity index is 1.84. The number of hydrogen-bond donors (Lipinski definition) is 2. The van der Waals surface area contributed by atoms with Gasteiger partial charge in [0.1, 0.15) is 6.61 Å². The fraction of sp³-hybridized carbons (Fsp3) is 0.500. The lowest BCUT2D eigenvalue weighted by molar-refractivity contribution is -0.123. The van der Waals surface area contributed by atoms with E-state index >= 15 is 0 Å². The number of carbonyl (C=O) groups excluding carboxylic acids is 1. The van der Waals surface area contributed by atoms with Crippen LogP contribution in [0.1, 0.15) is 30.0 Å². The minimum Gasteiger partial charge on any atom is -0.384 e. The van der Waals surface area contributed by atoms with E-state index in [0.717, 1.165) is 16.2 Å². The molecule has 1 unspecified atom stereocenters. The van der Waals surface area contributed by atoms with Crippen LogP contribution in [0.3, 0.4) is 0 Å². The Hall–Kier alpha value is -1.31. The maximum Gasteiger partial charge on any atom is 0.223 e. The maximum atomic E-state index is 11.8. The van der Waals surface area contributed by atoms with Gasteiger partial charge in [-0.3, -0.25) is 4.79 Å². The third-order valence-corrected chi connectivity index (χ3v) is 4.22. The number of aliphatic hydroxyl groups excluding tert-OH is 1. The van der Waals surface area contributed by atoms with E-state index in [1.165, 1.54) is 0 Å². The molecule has 2 N–H and O–H groups in total. The van der Waals surface area contributed by atoms with Crippen LogP contribution >= 0.6 is 11.3 Å². The molecule has 0 saturated heterocycles. The molecule has 1 aromatic rings. The molecule has 0 bridgehead atoms. The number of thiophene rings is 1. The molecule has 96 valence electrons. The van der Waals surface area contributed by atoms with Crippen LogP contribution in [-0.4, -0.2) is 17.6 Å². The zero-order valence-corrected chi connectivity index (χ0v) is 11.4. The normalized spacial score (nSPS) is 19.8. The van der Waals surface area contributed by atoms with Gasteiger partial charge in [0.25, 0.3) is 0 Å². The largest absolute Gasteiger partial charge is 0.384 e. The van der Waals surface area contributed by atoms with Crippen LogP contribution in [0.4, 0.5) is 0 Å². The quantitative estimate of drug-likeness (QED) is 0.816. The van der Waals surface area contributed by atoms with Gasteiger partial charge in [-0.1, -0.05) is 25.7 Å². The molecule has 0 aromatic carbocycles. The second kappa shape index (κ2) is 5.13. The van der Waals surface area contributed by atoms with Crippen molar-refractivity contribution in [2.45, 2.75) is 26.8 Å². The van der Waals surface area contributed by atoms with E-state index in [2.05, 4.69) is 31.0 Å². The summed E-state index contributed by atoms with van der Waals surface area (Å²) in [4.78, 5) is 13.8. The molecular formula is C14H17NO2S. The smallest absolute Gasteiger partial charge is 0.223 e. The van der Waals surface area contributed by atoms with Crippen molar-refractivity contribution >= 4 is 17.2 Å². The summed E-state index contributed by atoms with van der Waals surface area (Å²) >= 11 is 1.55. The number of nitrogens with one attached hydrogen (secondary N) is 1. The topological polar surface area (TPSA) is 49.3 Å². The molecule has 1 amide bonds. The maximum absolute atomic E-state index is 11.8. The zero-order chi connectivity index (χ0) is 13.2. The van der Waals surface area contributed by atoms with Crippen LogP contribution in [0.5, 0.6) is 0 Å². The standard InChI is InChI=1S/C14H17NO2S/c1-14(2)8-12(14)13(17)15-9-11-6-5-10(18-11)4-3-7-16/h5-6,12,16H,7-9H2,1-2H3,(H,15,17). The van der Waals surface area contributed by atoms with Gasteiger partial charge in [0, 0.05) is 10.8 Å². The first-order chi connectivity index (χ1) is 8.53. The second-order valence-corrected chi connectivity index (χ2v) is 6.36. The Labute approximate surface area is 111 Å². The van der Waals surface area contributed by atoms with Gasteiger partial charge in [0.05, 0.1) is 11.4 Å². The minimum absolute atomic E-state index is 0.124. The van der Waals surface area contributed by atoms with E-state index in [1.807, 2.05) is 12.1 Å². The predicted octanol–water partition coefficient (Wildman–Crippen LogP) is 1.75. The Kier molecular flexibility index (Phi) is 3.74. The highest BCUT2D eigenvalue weighted by molar-refractivity contribution is 7.12. The monoisotopic (exact) mass is 263 g/mol. The van der Waals surface area contributed by atoms with E-state index < -0.39 is 0 Å². The average molecular weight is 263 g/mol. The molecule has 3 nitrogen and oxygen atoms in total. The fourth-order valence-electron chi connectivity index (χ4n) is 1.88. The first-order valence-corrected chi connectivity index (χ1v) is 6.81. The van der Waals surface area contributed by atoms with Gasteiger partial charge in [0.15, 0.2) is 0 Å². The van der Waals surface area contributed by atoms with Crippen molar-refractivity contribution in [3.8, 4) is 11.8 Å². The summed E-state index contributed by atoms with van der Waals surface area (Å²) in [5.74, 6) is 5.79. The van der Waals surface area contributed by atoms with Crippen LogP contribution in [-0.2, 0) is 11.3 Å². The number of hydrogen-bond acceptors (Lipinski definition) is 3. The van der Waals surface area contributed by atoms with E-state index in [0.29, 0.717) is 6.54 Å². The SMILES string of the molecule is CC1(C)CC1C(=O)NCc1ccc(C#CCO)s1. The number of aliphatic hydroxyl groups is 1. The third kappa shape index (κ3) is 3.12. The first kappa shape index (κ1) is 13.1. The second-order valence-electron chi connectivity index (χ2n) is 5.19. The summed E-state index contributed by atoms with van der Waals surface area (Å²) in [6.45, 7) is 4.67. The van der Waals surface area contributed by atoms with E-state index in [4.69, 9.17) is 5.11 Å². The molecule has 1 atom stereocenters. The van der Waals surface area contributed by atoms with E-state index in [9.17, 15) is 4.79 Å². The van der Waals surface area contributed by atoms with Gasteiger partial charge in [-0.05, 0) is 24.0 Å². The molecule has 2 rings (SSSR count). The Morgan fingerprint density at radius 2 is 2.33 bits per heavy atom. The van der Waals surface area contributed by atoms with Crippen molar-refractivity contribution < 1.29 is 9.90 Å². The zero-order valence-electron chi connectivity index (χ0n) is 10.6. The lowest BCUT2D eigenvalue weighted by Gasteiger charge is -2.04. The van der Waals surface area contributed by atoms with Gasteiger partial charge in [-0.25, -0.2) is 0 Å². The summed E-state index contributed by atoms with van der Waals surface area (Å²) in [6.07, 6.45) is 0.983. The Bertz CT molecular complexity index is 507. The van der Waals surface area contributed by atoms with Gasteiger partial charge in [-0.2, -0.15) is 0 Å². The van der Waals surface area contributed by atoms with Crippen molar-refractivity contribution in [3.63, 3.8) is 0 Å². The number of carbonyl (C=O) groups is 1. The molecule has 1 fully saturated rings. The fourth-order valence-corrected chi connectivity index (χ4v) is 2.70. The van der Waals surface area contributed by atoms with Gasteiger partial charge in [-0.15, -0.1) is 11.3 Å². The van der Waals surface area contributed by atoms with E-state index in [1.54, 1.807) is 11.3 Å². The molecule has 4 heteroatoms. The molecule has 1 aliphatic rings. The van der Waals surface area contributed by atoms with Gasteiger partial charge in [0.2, 0.25) is 5.91 Å². The summed E-state index contributed by atoms with van der Waals surface area (Å²) in [5.41, 5.74) is 0.178. The molecular weight excluding hydrogens is 246 g/mol. The van der Waals surface area contributed by atoms with Gasteiger partial charge >= 0.3 is 0 Å². The highest BCUT2D eigenvalue weighted by Gasteiger charge is 2.50. The van der Waals surface area contributed by atoms with Gasteiger partial charge < -0.3 is 10.4 Å². The highest BCUT2D eigenvalue weighted by atomic mass is 32.1. The predicted molar refractivity (Wildman–Crippen MR) is 72.0 cm³/mol. The molecule has 0 spiro atoms. The van der Waals surface area contributed by atoms with Crippen LogP contribution in [0, 0.1) is 23.2 Å². The Morgan fingerprint density at radius 3 is 2.94 bits per heavy atom. The molecule has 0 aliphatic heterocycles. The number of rotatable bonds is 3. The van der Waals surface area contributed by atoms with Crippen molar-refractivity contribution in [1.82, 2.24) is 5.32 Å². The summed E-state index contributed by atoms with van der Waals surface area (Å²) < 4.78 is 0. The van der Waals surface area contributed by atoms with Crippen LogP contribution in [0.25, 0.3) is 0 Å². The lowest BCUT2D eigenvalue weighted by Crippen LogP contribution is -2.25. The lowest BCUT2D eigenvalue weighted by atomic mass is 10.1. The molecule has 1 saturated carbocycles. The van der Waals surface area contributed by atoms with Crippen LogP contribution < -0.4 is 5.32 Å². The summed E-state index contributed by atoms with van der Waals surface area (Å²) in [7, 11) is 0. The van der Waals surface area contributed by atoms with Crippen LogP contribution in [0.15, 0.2) is 12.1 Å². The average Bonchev–Trinajstić information content (AvgIpc) is 2.76. The van der Waals surface area contributed by atoms with Crippen LogP contribution in [0.2, 0.25) is 0 Å². The third-order valence-electron chi connectivity index (χ3n) is 3.22. The first-order valence-electron chi connectivity index (χ1n) is 5.99. The van der Waals surface area contributed by atoms with Crippen molar-refractivity contribution in [2.24, 2.45) is 11.3 Å². The summed E-state index contributed by atoms with van der Waals surface area (Å²) in [6, 6.07) is 3.88. The number of amides is 1. The van der Waals surface area contributed by atoms with Crippen molar-refractivity contribution in [1.29, 1.82) is 0 Å². The minimum atomic E-state index is -0.124. The highest BCUT2D eigenvalue weighted by Crippen LogP contribution is 2.51. The molecule has 1 aromatic heterocycles. The van der Waals surface area contributed by atoms with Crippen molar-refractivity contribution in [3.05, 3.63) is 21.9 Å².